The number of ether oxygens (including phenoxy) is 2. The van der Waals surface area contributed by atoms with Crippen molar-refractivity contribution in [1.82, 2.24) is 30.4 Å². The van der Waals surface area contributed by atoms with Crippen molar-refractivity contribution >= 4 is 35.3 Å². The van der Waals surface area contributed by atoms with Crippen LogP contribution in [0, 0.1) is 11.8 Å². The number of likely N-dealkylation sites (tertiary alicyclic amines) is 2. The molecule has 3 aliphatic heterocycles. The average Bonchev–Trinajstić information content (AvgIpc) is 4.04. The monoisotopic (exact) mass is 763 g/mol. The van der Waals surface area contributed by atoms with E-state index in [0.29, 0.717) is 19.5 Å². The predicted octanol–water partition coefficient (Wildman–Crippen LogP) is 6.44. The van der Waals surface area contributed by atoms with Crippen LogP contribution in [0.4, 0.5) is 9.59 Å². The highest BCUT2D eigenvalue weighted by molar-refractivity contribution is 6.04. The lowest BCUT2D eigenvalue weighted by Crippen LogP contribution is -2.53. The summed E-state index contributed by atoms with van der Waals surface area (Å²) in [6.07, 6.45) is 8.49. The Morgan fingerprint density at radius 2 is 1.30 bits per heavy atom. The smallest absolute Gasteiger partial charge is 0.407 e. The van der Waals surface area contributed by atoms with Gasteiger partial charge in [-0.25, -0.2) is 14.6 Å². The third-order valence-electron chi connectivity index (χ3n) is 11.8. The minimum atomic E-state index is -0.681. The van der Waals surface area contributed by atoms with E-state index in [9.17, 15) is 19.2 Å². The molecule has 13 nitrogen and oxygen atoms in total. The van der Waals surface area contributed by atoms with Crippen LogP contribution >= 0.6 is 0 Å². The van der Waals surface area contributed by atoms with Gasteiger partial charge in [0.15, 0.2) is 0 Å². The predicted molar refractivity (Wildman–Crippen MR) is 214 cm³/mol. The summed E-state index contributed by atoms with van der Waals surface area (Å²) in [6, 6.07) is 11.6. The third kappa shape index (κ3) is 7.68. The van der Waals surface area contributed by atoms with Gasteiger partial charge >= 0.3 is 12.2 Å². The standard InChI is InChI=1S/C43H53N7O6/c1-24(2)37(47-42(53)55-5)40(51)49-17-7-9-35(49)33-21-30(22-44-33)26-13-15-31-27(19-26)11-12-28-20-29(14-16-32(28)31)34-23-45-39(46-34)36-10-8-18-50(36)41(52)38(25(3)4)48-43(54)56-6/h13-16,19-20,22-25,35-38H,7-12,17-18,21H2,1-6H3,(H,45,46)(H,47,53)(H,48,54)/t35-,36-,37?,38-/m0/s1. The average molecular weight is 764 g/mol. The molecule has 4 heterocycles. The number of carbonyl (C=O) groups is 4. The van der Waals surface area contributed by atoms with E-state index in [-0.39, 0.29) is 35.7 Å². The largest absolute Gasteiger partial charge is 0.453 e. The lowest BCUT2D eigenvalue weighted by atomic mass is 9.83. The van der Waals surface area contributed by atoms with Gasteiger partial charge in [-0.3, -0.25) is 14.6 Å². The molecule has 7 rings (SSSR count). The normalized spacial score (nSPS) is 19.9. The van der Waals surface area contributed by atoms with Crippen LogP contribution in [-0.2, 0) is 31.9 Å². The quantitative estimate of drug-likeness (QED) is 0.214. The number of nitrogens with zero attached hydrogens (tertiary/aromatic N) is 4. The zero-order valence-corrected chi connectivity index (χ0v) is 33.2. The summed E-state index contributed by atoms with van der Waals surface area (Å²) in [7, 11) is 2.60. The summed E-state index contributed by atoms with van der Waals surface area (Å²) in [4.78, 5) is 68.0. The van der Waals surface area contributed by atoms with Gasteiger partial charge in [0.1, 0.15) is 17.9 Å². The number of imidazole rings is 1. The van der Waals surface area contributed by atoms with Crippen LogP contribution < -0.4 is 10.6 Å². The fourth-order valence-electron chi connectivity index (χ4n) is 8.69. The number of allylic oxidation sites excluding steroid dienone is 1. The maximum Gasteiger partial charge on any atom is 0.407 e. The van der Waals surface area contributed by atoms with Crippen molar-refractivity contribution in [1.29, 1.82) is 0 Å². The molecule has 0 spiro atoms. The number of methoxy groups -OCH3 is 2. The zero-order valence-electron chi connectivity index (χ0n) is 33.2. The Balaban J connectivity index is 1.02. The molecule has 4 amide bonds. The molecule has 296 valence electrons. The summed E-state index contributed by atoms with van der Waals surface area (Å²) in [5.41, 5.74) is 10.3. The van der Waals surface area contributed by atoms with Gasteiger partial charge < -0.3 is 34.9 Å². The molecule has 4 atom stereocenters. The summed E-state index contributed by atoms with van der Waals surface area (Å²) < 4.78 is 9.56. The highest BCUT2D eigenvalue weighted by Crippen LogP contribution is 2.39. The Labute approximate surface area is 328 Å². The second-order valence-corrected chi connectivity index (χ2v) is 16.0. The van der Waals surface area contributed by atoms with Crippen LogP contribution in [0.5, 0.6) is 0 Å². The van der Waals surface area contributed by atoms with Crippen LogP contribution in [0.25, 0.3) is 28.0 Å². The molecule has 2 saturated heterocycles. The molecule has 1 aromatic heterocycles. The number of H-pyrrole nitrogens is 1. The molecule has 3 aromatic rings. The van der Waals surface area contributed by atoms with E-state index in [1.54, 1.807) is 0 Å². The molecule has 2 aromatic carbocycles. The summed E-state index contributed by atoms with van der Waals surface area (Å²) in [5, 5.41) is 5.44. The van der Waals surface area contributed by atoms with Crippen molar-refractivity contribution in [2.24, 2.45) is 16.8 Å². The van der Waals surface area contributed by atoms with E-state index in [1.165, 1.54) is 36.5 Å². The van der Waals surface area contributed by atoms with E-state index in [1.807, 2.05) is 49.9 Å². The van der Waals surface area contributed by atoms with Gasteiger partial charge in [-0.05, 0) is 95.4 Å². The van der Waals surface area contributed by atoms with Gasteiger partial charge in [-0.1, -0.05) is 58.0 Å². The zero-order chi connectivity index (χ0) is 39.7. The minimum Gasteiger partial charge on any atom is -0.453 e. The topological polar surface area (TPSA) is 158 Å². The molecule has 1 aliphatic carbocycles. The number of rotatable bonds is 10. The van der Waals surface area contributed by atoms with E-state index < -0.39 is 24.3 Å². The summed E-state index contributed by atoms with van der Waals surface area (Å²) >= 11 is 0. The van der Waals surface area contributed by atoms with Crippen LogP contribution in [0.15, 0.2) is 53.8 Å². The van der Waals surface area contributed by atoms with E-state index >= 15 is 0 Å². The number of aliphatic imine (C=N–C) groups is 1. The number of alkyl carbamates (subject to hydrolysis) is 2. The number of aryl methyl sites for hydroxylation is 2. The Hall–Kier alpha value is -5.46. The molecule has 0 saturated carbocycles. The van der Waals surface area contributed by atoms with Gasteiger partial charge in [0, 0.05) is 31.4 Å². The van der Waals surface area contributed by atoms with Gasteiger partial charge in [-0.2, -0.15) is 0 Å². The first-order chi connectivity index (χ1) is 27.0. The van der Waals surface area contributed by atoms with Crippen molar-refractivity contribution in [2.75, 3.05) is 27.3 Å². The summed E-state index contributed by atoms with van der Waals surface area (Å²) in [5.74, 6) is 0.349. The Bertz CT molecular complexity index is 2070. The minimum absolute atomic E-state index is 0.0814. The van der Waals surface area contributed by atoms with Gasteiger partial charge in [0.05, 0.1) is 38.2 Å². The fourth-order valence-corrected chi connectivity index (χ4v) is 8.69. The molecule has 4 aliphatic rings. The SMILES string of the molecule is COC(=O)NC(C(=O)N1CCC[C@H]1C1=NC=C(c2ccc3c(c2)CCc2cc(-c4cnc([C@@H]5CCCN5C(=O)[C@@H](NC(=O)OC)C(C)C)[nH]4)ccc2-3)C1)C(C)C. The summed E-state index contributed by atoms with van der Waals surface area (Å²) in [6.45, 7) is 8.92. The first-order valence-corrected chi connectivity index (χ1v) is 19.8. The van der Waals surface area contributed by atoms with Crippen LogP contribution in [0.3, 0.4) is 0 Å². The van der Waals surface area contributed by atoms with Gasteiger partial charge in [-0.15, -0.1) is 0 Å². The molecule has 1 unspecified atom stereocenters. The lowest BCUT2D eigenvalue weighted by Gasteiger charge is -2.31. The number of hydrogen-bond donors (Lipinski definition) is 3. The highest BCUT2D eigenvalue weighted by Gasteiger charge is 2.39. The molecule has 56 heavy (non-hydrogen) atoms. The Morgan fingerprint density at radius 1 is 0.768 bits per heavy atom. The second kappa shape index (κ2) is 16.3. The number of carbonyl (C=O) groups excluding carboxylic acids is 4. The number of aromatic amines is 1. The van der Waals surface area contributed by atoms with Crippen LogP contribution in [0.2, 0.25) is 0 Å². The number of nitrogens with one attached hydrogen (secondary N) is 3. The molecule has 0 radical (unpaired) electrons. The first kappa shape index (κ1) is 38.8. The van der Waals surface area contributed by atoms with Crippen molar-refractivity contribution in [3.8, 4) is 22.4 Å². The Morgan fingerprint density at radius 3 is 1.88 bits per heavy atom. The maximum atomic E-state index is 13.6. The fraction of sp³-hybridized carbons (Fsp3) is 0.488. The van der Waals surface area contributed by atoms with E-state index in [2.05, 4.69) is 52.0 Å². The van der Waals surface area contributed by atoms with Crippen molar-refractivity contribution in [3.63, 3.8) is 0 Å². The first-order valence-electron chi connectivity index (χ1n) is 19.8. The molecule has 3 N–H and O–H groups in total. The maximum absolute atomic E-state index is 13.6. The van der Waals surface area contributed by atoms with Crippen LogP contribution in [-0.4, -0.2) is 94.9 Å². The molecule has 0 bridgehead atoms. The number of hydrogen-bond acceptors (Lipinski definition) is 8. The van der Waals surface area contributed by atoms with Crippen LogP contribution in [0.1, 0.15) is 88.4 Å². The van der Waals surface area contributed by atoms with Crippen molar-refractivity contribution in [3.05, 3.63) is 71.3 Å². The van der Waals surface area contributed by atoms with E-state index in [0.717, 1.165) is 72.5 Å². The number of amides is 4. The van der Waals surface area contributed by atoms with Gasteiger partial charge in [0.25, 0.3) is 0 Å². The highest BCUT2D eigenvalue weighted by atomic mass is 16.5. The number of aromatic nitrogens is 2. The molecule has 2 fully saturated rings. The number of fused-ring (bicyclic) bond motifs is 3. The number of benzene rings is 2. The van der Waals surface area contributed by atoms with Gasteiger partial charge in [0.2, 0.25) is 11.8 Å². The Kier molecular flexibility index (Phi) is 11.3. The third-order valence-corrected chi connectivity index (χ3v) is 11.8. The molecular weight excluding hydrogens is 711 g/mol. The van der Waals surface area contributed by atoms with E-state index in [4.69, 9.17) is 19.5 Å². The molecular formula is C43H53N7O6. The lowest BCUT2D eigenvalue weighted by molar-refractivity contribution is -0.135. The second-order valence-electron chi connectivity index (χ2n) is 16.0. The van der Waals surface area contributed by atoms with Crippen molar-refractivity contribution in [2.45, 2.75) is 96.8 Å². The van der Waals surface area contributed by atoms with Crippen molar-refractivity contribution < 1.29 is 28.7 Å². The molecule has 13 heteroatoms.